The lowest BCUT2D eigenvalue weighted by atomic mass is 9.97. The Bertz CT molecular complexity index is 1380. The van der Waals surface area contributed by atoms with Crippen molar-refractivity contribution in [2.75, 3.05) is 0 Å². The number of nitrogens with zero attached hydrogens (tertiary/aromatic N) is 2. The van der Waals surface area contributed by atoms with Crippen molar-refractivity contribution in [2.24, 2.45) is 5.10 Å². The summed E-state index contributed by atoms with van der Waals surface area (Å²) in [4.78, 5) is 12.5. The highest BCUT2D eigenvalue weighted by atomic mass is 19.1. The molecule has 6 heteroatoms. The van der Waals surface area contributed by atoms with E-state index in [0.29, 0.717) is 11.3 Å². The third-order valence-corrected chi connectivity index (χ3v) is 5.14. The highest BCUT2D eigenvalue weighted by Gasteiger charge is 2.11. The molecule has 4 aromatic carbocycles. The lowest BCUT2D eigenvalue weighted by Crippen LogP contribution is -2.18. The van der Waals surface area contributed by atoms with Crippen molar-refractivity contribution < 1.29 is 9.18 Å². The fourth-order valence-electron chi connectivity index (χ4n) is 3.61. The zero-order chi connectivity index (χ0) is 21.2. The van der Waals surface area contributed by atoms with E-state index in [1.165, 1.54) is 12.1 Å². The second kappa shape index (κ2) is 7.84. The number of H-pyrrole nitrogens is 1. The molecular formula is C25H17FN4O. The summed E-state index contributed by atoms with van der Waals surface area (Å²) in [7, 11) is 0. The summed E-state index contributed by atoms with van der Waals surface area (Å²) < 4.78 is 13.1. The number of hydrogen-bond donors (Lipinski definition) is 2. The highest BCUT2D eigenvalue weighted by molar-refractivity contribution is 6.13. The first-order chi connectivity index (χ1) is 15.2. The van der Waals surface area contributed by atoms with Crippen LogP contribution in [-0.4, -0.2) is 22.3 Å². The Hall–Kier alpha value is -4.32. The third-order valence-electron chi connectivity index (χ3n) is 5.14. The number of amides is 1. The molecule has 0 radical (unpaired) electrons. The topological polar surface area (TPSA) is 70.1 Å². The predicted molar refractivity (Wildman–Crippen MR) is 120 cm³/mol. The summed E-state index contributed by atoms with van der Waals surface area (Å²) >= 11 is 0. The molecule has 0 saturated heterocycles. The molecule has 5 aromatic rings. The zero-order valence-corrected chi connectivity index (χ0v) is 16.3. The number of benzene rings is 4. The van der Waals surface area contributed by atoms with Crippen molar-refractivity contribution in [1.82, 2.24) is 15.6 Å². The van der Waals surface area contributed by atoms with Gasteiger partial charge in [0.05, 0.1) is 11.9 Å². The van der Waals surface area contributed by atoms with Crippen molar-refractivity contribution in [3.8, 4) is 11.3 Å². The molecule has 1 amide bonds. The van der Waals surface area contributed by atoms with E-state index in [2.05, 4.69) is 38.9 Å². The van der Waals surface area contributed by atoms with Gasteiger partial charge in [-0.25, -0.2) is 9.82 Å². The first kappa shape index (κ1) is 18.7. The summed E-state index contributed by atoms with van der Waals surface area (Å²) in [5.74, 6) is -0.741. The molecule has 5 rings (SSSR count). The van der Waals surface area contributed by atoms with Crippen LogP contribution in [0, 0.1) is 5.82 Å². The van der Waals surface area contributed by atoms with Gasteiger partial charge < -0.3 is 0 Å². The fraction of sp³-hybridized carbons (Fsp3) is 0. The van der Waals surface area contributed by atoms with E-state index < -0.39 is 5.91 Å². The molecule has 0 saturated carbocycles. The fourth-order valence-corrected chi connectivity index (χ4v) is 3.61. The minimum atomic E-state index is -0.415. The summed E-state index contributed by atoms with van der Waals surface area (Å²) in [6.45, 7) is 0. The Kier molecular flexibility index (Phi) is 4.72. The van der Waals surface area contributed by atoms with Crippen LogP contribution in [0.1, 0.15) is 16.1 Å². The first-order valence-corrected chi connectivity index (χ1v) is 9.74. The smallest absolute Gasteiger partial charge is 0.272 e. The van der Waals surface area contributed by atoms with E-state index in [9.17, 15) is 9.18 Å². The number of carbonyl (C=O) groups excluding carboxylic acids is 1. The Morgan fingerprint density at radius 2 is 1.55 bits per heavy atom. The number of carbonyl (C=O) groups is 1. The van der Waals surface area contributed by atoms with Crippen LogP contribution >= 0.6 is 0 Å². The molecule has 0 aliphatic rings. The molecule has 0 unspecified atom stereocenters. The largest absolute Gasteiger partial charge is 0.289 e. The van der Waals surface area contributed by atoms with Crippen LogP contribution < -0.4 is 5.43 Å². The summed E-state index contributed by atoms with van der Waals surface area (Å²) in [5.41, 5.74) is 5.01. The van der Waals surface area contributed by atoms with Gasteiger partial charge in [-0.2, -0.15) is 10.2 Å². The Balaban J connectivity index is 1.41. The van der Waals surface area contributed by atoms with Gasteiger partial charge in [0.1, 0.15) is 11.5 Å². The summed E-state index contributed by atoms with van der Waals surface area (Å²) in [6, 6.07) is 25.8. The van der Waals surface area contributed by atoms with E-state index in [1.807, 2.05) is 36.4 Å². The van der Waals surface area contributed by atoms with Gasteiger partial charge in [0.2, 0.25) is 0 Å². The van der Waals surface area contributed by atoms with Crippen LogP contribution in [0.25, 0.3) is 32.8 Å². The second-order valence-electron chi connectivity index (χ2n) is 7.11. The Morgan fingerprint density at radius 1 is 0.903 bits per heavy atom. The van der Waals surface area contributed by atoms with E-state index in [0.717, 1.165) is 27.1 Å². The lowest BCUT2D eigenvalue weighted by molar-refractivity contribution is 0.0950. The number of hydrazone groups is 1. The van der Waals surface area contributed by atoms with Crippen molar-refractivity contribution in [1.29, 1.82) is 0 Å². The van der Waals surface area contributed by atoms with Gasteiger partial charge in [-0.3, -0.25) is 9.89 Å². The third kappa shape index (κ3) is 3.67. The number of nitrogens with one attached hydrogen (secondary N) is 2. The second-order valence-corrected chi connectivity index (χ2v) is 7.11. The number of aromatic amines is 1. The molecular weight excluding hydrogens is 391 g/mol. The van der Waals surface area contributed by atoms with E-state index in [4.69, 9.17) is 0 Å². The standard InChI is InChI=1S/C25H17FN4O/c26-19-11-9-16(10-12-19)23-14-24(29-28-23)25(31)30-27-15-22-20-7-3-1-5-17(20)13-18-6-2-4-8-21(18)22/h1-15H,(H,28,29)(H,30,31). The minimum Gasteiger partial charge on any atom is -0.272 e. The molecule has 0 bridgehead atoms. The van der Waals surface area contributed by atoms with Gasteiger partial charge in [0.15, 0.2) is 0 Å². The van der Waals surface area contributed by atoms with Crippen molar-refractivity contribution in [3.05, 3.63) is 102 Å². The Morgan fingerprint density at radius 3 is 2.23 bits per heavy atom. The van der Waals surface area contributed by atoms with Crippen LogP contribution in [0.5, 0.6) is 0 Å². The normalized spacial score (nSPS) is 11.4. The molecule has 0 atom stereocenters. The van der Waals surface area contributed by atoms with E-state index in [1.54, 1.807) is 24.4 Å². The molecule has 0 fully saturated rings. The number of rotatable bonds is 4. The molecule has 150 valence electrons. The number of fused-ring (bicyclic) bond motifs is 2. The van der Waals surface area contributed by atoms with Gasteiger partial charge in [0, 0.05) is 11.1 Å². The number of halogens is 1. The molecule has 31 heavy (non-hydrogen) atoms. The Labute approximate surface area is 177 Å². The van der Waals surface area contributed by atoms with E-state index >= 15 is 0 Å². The first-order valence-electron chi connectivity index (χ1n) is 9.74. The van der Waals surface area contributed by atoms with Gasteiger partial charge in [0.25, 0.3) is 5.91 Å². The van der Waals surface area contributed by atoms with Crippen LogP contribution in [0.15, 0.2) is 90.0 Å². The van der Waals surface area contributed by atoms with Gasteiger partial charge in [-0.1, -0.05) is 48.5 Å². The average molecular weight is 408 g/mol. The molecule has 0 aliphatic heterocycles. The van der Waals surface area contributed by atoms with Gasteiger partial charge in [-0.15, -0.1) is 0 Å². The van der Waals surface area contributed by atoms with Gasteiger partial charge in [-0.05, 0) is 57.9 Å². The van der Waals surface area contributed by atoms with Gasteiger partial charge >= 0.3 is 0 Å². The maximum Gasteiger partial charge on any atom is 0.289 e. The number of aromatic nitrogens is 2. The number of hydrogen-bond acceptors (Lipinski definition) is 3. The quantitative estimate of drug-likeness (QED) is 0.241. The van der Waals surface area contributed by atoms with Crippen molar-refractivity contribution in [3.63, 3.8) is 0 Å². The summed E-state index contributed by atoms with van der Waals surface area (Å²) in [6.07, 6.45) is 1.67. The van der Waals surface area contributed by atoms with Crippen molar-refractivity contribution >= 4 is 33.7 Å². The van der Waals surface area contributed by atoms with Crippen LogP contribution in [0.3, 0.4) is 0 Å². The molecule has 2 N–H and O–H groups in total. The zero-order valence-electron chi connectivity index (χ0n) is 16.3. The maximum absolute atomic E-state index is 13.1. The lowest BCUT2D eigenvalue weighted by Gasteiger charge is -2.07. The maximum atomic E-state index is 13.1. The summed E-state index contributed by atoms with van der Waals surface area (Å²) in [5, 5.41) is 15.3. The minimum absolute atomic E-state index is 0.263. The molecule has 1 aromatic heterocycles. The SMILES string of the molecule is O=C(NN=Cc1c2ccccc2cc2ccccc12)c1cc(-c2ccc(F)cc2)n[nH]1. The average Bonchev–Trinajstić information content (AvgIpc) is 3.29. The van der Waals surface area contributed by atoms with Crippen molar-refractivity contribution in [2.45, 2.75) is 0 Å². The molecule has 0 spiro atoms. The highest BCUT2D eigenvalue weighted by Crippen LogP contribution is 2.27. The van der Waals surface area contributed by atoms with Crippen LogP contribution in [0.4, 0.5) is 4.39 Å². The van der Waals surface area contributed by atoms with E-state index in [-0.39, 0.29) is 11.5 Å². The van der Waals surface area contributed by atoms with Crippen LogP contribution in [-0.2, 0) is 0 Å². The molecule has 0 aliphatic carbocycles. The monoisotopic (exact) mass is 408 g/mol. The molecule has 1 heterocycles. The predicted octanol–water partition coefficient (Wildman–Crippen LogP) is 5.29. The molecule has 5 nitrogen and oxygen atoms in total. The van der Waals surface area contributed by atoms with Crippen LogP contribution in [0.2, 0.25) is 0 Å².